The number of piperidine rings is 1. The molecule has 4 amide bonds. The average molecular weight is 481 g/mol. The molecule has 11 heteroatoms. The Bertz CT molecular complexity index is 1540. The van der Waals surface area contributed by atoms with E-state index in [0.717, 1.165) is 16.2 Å². The predicted octanol–water partition coefficient (Wildman–Crippen LogP) is 1.58. The number of aromatic nitrogens is 5. The van der Waals surface area contributed by atoms with E-state index in [9.17, 15) is 19.2 Å². The summed E-state index contributed by atoms with van der Waals surface area (Å²) in [6, 6.07) is 13.6. The second-order valence-corrected chi connectivity index (χ2v) is 8.60. The molecule has 11 nitrogen and oxygen atoms in total. The van der Waals surface area contributed by atoms with Gasteiger partial charge in [0.25, 0.3) is 11.8 Å². The summed E-state index contributed by atoms with van der Waals surface area (Å²) in [6.45, 7) is 0.407. The third-order valence-corrected chi connectivity index (χ3v) is 6.28. The molecule has 178 valence electrons. The number of carbonyl (C=O) groups is 4. The average Bonchev–Trinajstić information content (AvgIpc) is 3.60. The van der Waals surface area contributed by atoms with Crippen LogP contribution in [0.1, 0.15) is 39.3 Å². The monoisotopic (exact) mass is 481 g/mol. The molecule has 0 aliphatic carbocycles. The molecule has 4 aromatic rings. The minimum absolute atomic E-state index is 0.0589. The lowest BCUT2D eigenvalue weighted by atomic mass is 10.0. The molecule has 2 aromatic heterocycles. The molecule has 1 saturated heterocycles. The third-order valence-electron chi connectivity index (χ3n) is 6.28. The van der Waals surface area contributed by atoms with Crippen molar-refractivity contribution in [3.05, 3.63) is 84.1 Å². The Kier molecular flexibility index (Phi) is 5.03. The van der Waals surface area contributed by atoms with Crippen molar-refractivity contribution in [1.82, 2.24) is 34.8 Å². The maximum atomic E-state index is 13.3. The van der Waals surface area contributed by atoms with Gasteiger partial charge < -0.3 is 4.57 Å². The first-order valence-electron chi connectivity index (χ1n) is 11.3. The third kappa shape index (κ3) is 3.57. The molecule has 6 rings (SSSR count). The molecule has 1 fully saturated rings. The highest BCUT2D eigenvalue weighted by atomic mass is 16.2. The molecule has 0 saturated carbocycles. The summed E-state index contributed by atoms with van der Waals surface area (Å²) in [5.41, 5.74) is 3.18. The van der Waals surface area contributed by atoms with Crippen molar-refractivity contribution >= 4 is 23.6 Å². The molecule has 0 spiro atoms. The smallest absolute Gasteiger partial charge is 0.264 e. The van der Waals surface area contributed by atoms with Gasteiger partial charge in [-0.3, -0.25) is 29.4 Å². The normalized spacial score (nSPS) is 17.4. The number of carbonyl (C=O) groups excluding carboxylic acids is 4. The number of amides is 4. The lowest BCUT2D eigenvalue weighted by Crippen LogP contribution is -2.54. The summed E-state index contributed by atoms with van der Waals surface area (Å²) in [7, 11) is 0. The van der Waals surface area contributed by atoms with E-state index in [1.807, 2.05) is 41.1 Å². The van der Waals surface area contributed by atoms with E-state index in [0.29, 0.717) is 17.9 Å². The van der Waals surface area contributed by atoms with Gasteiger partial charge in [-0.1, -0.05) is 41.6 Å². The van der Waals surface area contributed by atoms with Crippen LogP contribution in [0, 0.1) is 0 Å². The van der Waals surface area contributed by atoms with Gasteiger partial charge in [0, 0.05) is 18.2 Å². The number of hydrogen-bond donors (Lipinski definition) is 1. The Labute approximate surface area is 204 Å². The molecule has 2 aliphatic heterocycles. The molecule has 2 aliphatic rings. The highest BCUT2D eigenvalue weighted by molar-refractivity contribution is 6.24. The van der Waals surface area contributed by atoms with Crippen LogP contribution in [0.2, 0.25) is 0 Å². The van der Waals surface area contributed by atoms with Crippen molar-refractivity contribution in [2.75, 3.05) is 0 Å². The van der Waals surface area contributed by atoms with Gasteiger partial charge in [-0.15, -0.1) is 5.10 Å². The summed E-state index contributed by atoms with van der Waals surface area (Å²) >= 11 is 0. The lowest BCUT2D eigenvalue weighted by molar-refractivity contribution is -0.136. The molecule has 2 aromatic carbocycles. The van der Waals surface area contributed by atoms with Crippen LogP contribution in [-0.4, -0.2) is 59.1 Å². The summed E-state index contributed by atoms with van der Waals surface area (Å²) in [6.07, 6.45) is 5.46. The first-order valence-corrected chi connectivity index (χ1v) is 11.3. The van der Waals surface area contributed by atoms with Gasteiger partial charge in [-0.25, -0.2) is 9.67 Å². The van der Waals surface area contributed by atoms with Crippen LogP contribution in [0.3, 0.4) is 0 Å². The summed E-state index contributed by atoms with van der Waals surface area (Å²) in [4.78, 5) is 55.6. The van der Waals surface area contributed by atoms with E-state index in [1.165, 1.54) is 4.68 Å². The number of imidazole rings is 1. The number of imide groups is 2. The number of nitrogens with zero attached hydrogens (tertiary/aromatic N) is 6. The van der Waals surface area contributed by atoms with E-state index in [2.05, 4.69) is 20.6 Å². The molecule has 36 heavy (non-hydrogen) atoms. The van der Waals surface area contributed by atoms with E-state index >= 15 is 0 Å². The van der Waals surface area contributed by atoms with Crippen molar-refractivity contribution in [2.45, 2.75) is 25.4 Å². The van der Waals surface area contributed by atoms with Gasteiger partial charge in [-0.05, 0) is 18.6 Å². The number of benzene rings is 2. The van der Waals surface area contributed by atoms with E-state index in [-0.39, 0.29) is 24.0 Å². The highest BCUT2D eigenvalue weighted by Gasteiger charge is 2.45. The fraction of sp³-hybridized carbons (Fsp3) is 0.160. The molecule has 0 bridgehead atoms. The zero-order valence-electron chi connectivity index (χ0n) is 18.9. The SMILES string of the molecule is O=C1CCC(N2C(=O)c3cccc(-n4cc(Cn5cnc(-c6ccccc6)c5)nn4)c3C2=O)C(=O)N1. The van der Waals surface area contributed by atoms with Crippen LogP contribution < -0.4 is 5.32 Å². The van der Waals surface area contributed by atoms with Gasteiger partial charge in [-0.2, -0.15) is 0 Å². The zero-order chi connectivity index (χ0) is 24.8. The first kappa shape index (κ1) is 21.6. The molecule has 4 heterocycles. The maximum Gasteiger partial charge on any atom is 0.264 e. The van der Waals surface area contributed by atoms with Crippen LogP contribution in [0.25, 0.3) is 16.9 Å². The van der Waals surface area contributed by atoms with Crippen molar-refractivity contribution in [3.63, 3.8) is 0 Å². The number of fused-ring (bicyclic) bond motifs is 1. The summed E-state index contributed by atoms with van der Waals surface area (Å²) < 4.78 is 3.33. The van der Waals surface area contributed by atoms with E-state index in [4.69, 9.17) is 0 Å². The largest absolute Gasteiger partial charge is 0.331 e. The highest BCUT2D eigenvalue weighted by Crippen LogP contribution is 2.31. The Morgan fingerprint density at radius 3 is 2.58 bits per heavy atom. The number of nitrogens with one attached hydrogen (secondary N) is 1. The second kappa shape index (κ2) is 8.38. The molecule has 1 atom stereocenters. The van der Waals surface area contributed by atoms with Crippen molar-refractivity contribution in [1.29, 1.82) is 0 Å². The fourth-order valence-electron chi connectivity index (χ4n) is 4.57. The minimum Gasteiger partial charge on any atom is -0.331 e. The fourth-order valence-corrected chi connectivity index (χ4v) is 4.57. The van der Waals surface area contributed by atoms with Crippen LogP contribution in [-0.2, 0) is 16.1 Å². The predicted molar refractivity (Wildman–Crippen MR) is 125 cm³/mol. The molecular formula is C25H19N7O4. The number of rotatable bonds is 5. The Morgan fingerprint density at radius 1 is 0.944 bits per heavy atom. The van der Waals surface area contributed by atoms with Gasteiger partial charge in [0.2, 0.25) is 11.8 Å². The van der Waals surface area contributed by atoms with Gasteiger partial charge >= 0.3 is 0 Å². The van der Waals surface area contributed by atoms with Crippen LogP contribution in [0.15, 0.2) is 67.3 Å². The quantitative estimate of drug-likeness (QED) is 0.428. The van der Waals surface area contributed by atoms with Gasteiger partial charge in [0.05, 0.1) is 41.6 Å². The molecule has 1 unspecified atom stereocenters. The second-order valence-electron chi connectivity index (χ2n) is 8.60. The van der Waals surface area contributed by atoms with Gasteiger partial charge in [0.1, 0.15) is 11.7 Å². The van der Waals surface area contributed by atoms with Crippen LogP contribution >= 0.6 is 0 Å². The lowest BCUT2D eigenvalue weighted by Gasteiger charge is -2.27. The number of hydrogen-bond acceptors (Lipinski definition) is 7. The van der Waals surface area contributed by atoms with Crippen LogP contribution in [0.4, 0.5) is 0 Å². The minimum atomic E-state index is -1.03. The molecule has 1 N–H and O–H groups in total. The Morgan fingerprint density at radius 2 is 1.78 bits per heavy atom. The topological polar surface area (TPSA) is 132 Å². The standard InChI is InChI=1S/C25H19N7O4/c33-21-10-9-20(23(34)27-21)32-24(35)17-7-4-8-19(22(17)25(32)36)31-12-16(28-29-31)11-30-13-18(26-14-30)15-5-2-1-3-6-15/h1-8,12-14,20H,9-11H2,(H,27,33,34). The van der Waals surface area contributed by atoms with E-state index < -0.39 is 29.7 Å². The van der Waals surface area contributed by atoms with Gasteiger partial charge in [0.15, 0.2) is 0 Å². The molecular weight excluding hydrogens is 462 g/mol. The summed E-state index contributed by atoms with van der Waals surface area (Å²) in [5.74, 6) is -2.24. The van der Waals surface area contributed by atoms with Crippen molar-refractivity contribution in [3.8, 4) is 16.9 Å². The Hall–Kier alpha value is -4.93. The first-order chi connectivity index (χ1) is 17.5. The van der Waals surface area contributed by atoms with E-state index in [1.54, 1.807) is 30.7 Å². The van der Waals surface area contributed by atoms with Crippen LogP contribution in [0.5, 0.6) is 0 Å². The maximum absolute atomic E-state index is 13.3. The Balaban J connectivity index is 1.27. The zero-order valence-corrected chi connectivity index (χ0v) is 18.9. The summed E-state index contributed by atoms with van der Waals surface area (Å²) in [5, 5.41) is 10.6. The van der Waals surface area contributed by atoms with Crippen molar-refractivity contribution < 1.29 is 19.2 Å². The molecule has 0 radical (unpaired) electrons. The van der Waals surface area contributed by atoms with Crippen molar-refractivity contribution in [2.24, 2.45) is 0 Å².